The number of nitrogens with zero attached hydrogens (tertiary/aromatic N) is 4. The molecular weight excluding hydrogens is 214 g/mol. The third-order valence-corrected chi connectivity index (χ3v) is 2.23. The minimum absolute atomic E-state index is 0.850. The highest BCUT2D eigenvalue weighted by molar-refractivity contribution is 5.79. The number of hydrogen-bond donors (Lipinski definition) is 1. The maximum Gasteiger partial charge on any atom is 0.138 e. The largest absolute Gasteiger partial charge is 0.288 e. The van der Waals surface area contributed by atoms with Crippen LogP contribution in [-0.4, -0.2) is 20.2 Å². The van der Waals surface area contributed by atoms with Crippen molar-refractivity contribution in [3.05, 3.63) is 36.5 Å². The van der Waals surface area contributed by atoms with Crippen molar-refractivity contribution in [3.63, 3.8) is 0 Å². The summed E-state index contributed by atoms with van der Waals surface area (Å²) in [4.78, 5) is 8.51. The molecule has 0 bridgehead atoms. The summed E-state index contributed by atoms with van der Waals surface area (Å²) in [5.41, 5.74) is 4.77. The fourth-order valence-electron chi connectivity index (χ4n) is 1.39. The lowest BCUT2D eigenvalue weighted by molar-refractivity contribution is 0.932. The van der Waals surface area contributed by atoms with E-state index in [1.807, 2.05) is 43.7 Å². The molecule has 1 N–H and O–H groups in total. The second kappa shape index (κ2) is 4.78. The fourth-order valence-corrected chi connectivity index (χ4v) is 1.39. The molecule has 0 saturated carbocycles. The van der Waals surface area contributed by atoms with E-state index in [4.69, 9.17) is 0 Å². The number of anilines is 1. The van der Waals surface area contributed by atoms with E-state index < -0.39 is 0 Å². The maximum atomic E-state index is 4.35. The molecular formula is C12H15N5. The van der Waals surface area contributed by atoms with Gasteiger partial charge in [0.1, 0.15) is 11.6 Å². The van der Waals surface area contributed by atoms with Gasteiger partial charge in [-0.05, 0) is 32.9 Å². The van der Waals surface area contributed by atoms with Gasteiger partial charge >= 0.3 is 0 Å². The predicted octanol–water partition coefficient (Wildman–Crippen LogP) is 2.38. The Balaban J connectivity index is 2.19. The molecule has 17 heavy (non-hydrogen) atoms. The first kappa shape index (κ1) is 11.3. The van der Waals surface area contributed by atoms with E-state index in [0.717, 1.165) is 23.0 Å². The maximum absolute atomic E-state index is 4.35. The van der Waals surface area contributed by atoms with Crippen molar-refractivity contribution in [1.29, 1.82) is 0 Å². The number of nitrogens with one attached hydrogen (secondary N) is 1. The van der Waals surface area contributed by atoms with Crippen molar-refractivity contribution < 1.29 is 0 Å². The van der Waals surface area contributed by atoms with Gasteiger partial charge in [-0.25, -0.2) is 9.97 Å². The molecule has 0 unspecified atom stereocenters. The first-order valence-electron chi connectivity index (χ1n) is 5.40. The van der Waals surface area contributed by atoms with E-state index in [1.165, 1.54) is 0 Å². The first-order valence-corrected chi connectivity index (χ1v) is 5.40. The van der Waals surface area contributed by atoms with E-state index in [9.17, 15) is 0 Å². The number of hydrogen-bond acceptors (Lipinski definition) is 4. The van der Waals surface area contributed by atoms with E-state index in [2.05, 4.69) is 20.5 Å². The summed E-state index contributed by atoms with van der Waals surface area (Å²) in [7, 11) is 0. The highest BCUT2D eigenvalue weighted by Gasteiger charge is 2.01. The molecule has 0 radical (unpaired) electrons. The zero-order valence-corrected chi connectivity index (χ0v) is 10.2. The van der Waals surface area contributed by atoms with Gasteiger partial charge < -0.3 is 0 Å². The standard InChI is InChI=1S/C12H15N5/c1-9(2)15-16-11-4-5-12(14-8-11)17-7-6-13-10(17)3/h4-8,16H,1-3H3. The van der Waals surface area contributed by atoms with Gasteiger partial charge in [0.15, 0.2) is 0 Å². The molecule has 2 aromatic heterocycles. The van der Waals surface area contributed by atoms with Crippen molar-refractivity contribution in [3.8, 4) is 5.82 Å². The Kier molecular flexibility index (Phi) is 3.18. The van der Waals surface area contributed by atoms with Gasteiger partial charge in [0, 0.05) is 18.1 Å². The molecule has 2 rings (SSSR count). The SMILES string of the molecule is CC(C)=NNc1ccc(-n2ccnc2C)nc1. The minimum atomic E-state index is 0.850. The van der Waals surface area contributed by atoms with Gasteiger partial charge in [-0.15, -0.1) is 0 Å². The molecule has 0 fully saturated rings. The molecule has 5 heteroatoms. The van der Waals surface area contributed by atoms with Crippen molar-refractivity contribution >= 4 is 11.4 Å². The van der Waals surface area contributed by atoms with Crippen LogP contribution in [0.25, 0.3) is 5.82 Å². The summed E-state index contributed by atoms with van der Waals surface area (Å²) in [5.74, 6) is 1.77. The van der Waals surface area contributed by atoms with E-state index in [-0.39, 0.29) is 0 Å². The molecule has 0 amide bonds. The van der Waals surface area contributed by atoms with Crippen LogP contribution in [-0.2, 0) is 0 Å². The van der Waals surface area contributed by atoms with Crippen molar-refractivity contribution in [2.24, 2.45) is 5.10 Å². The average Bonchev–Trinajstić information content (AvgIpc) is 2.73. The molecule has 0 atom stereocenters. The Bertz CT molecular complexity index is 520. The van der Waals surface area contributed by atoms with Crippen LogP contribution >= 0.6 is 0 Å². The summed E-state index contributed by atoms with van der Waals surface area (Å²) in [6, 6.07) is 3.87. The Morgan fingerprint density at radius 3 is 2.65 bits per heavy atom. The lowest BCUT2D eigenvalue weighted by atomic mass is 10.4. The zero-order chi connectivity index (χ0) is 12.3. The molecule has 5 nitrogen and oxygen atoms in total. The molecule has 2 aromatic rings. The monoisotopic (exact) mass is 229 g/mol. The fraction of sp³-hybridized carbons (Fsp3) is 0.250. The molecule has 0 aliphatic heterocycles. The molecule has 0 aromatic carbocycles. The zero-order valence-electron chi connectivity index (χ0n) is 10.2. The van der Waals surface area contributed by atoms with Gasteiger partial charge in [-0.2, -0.15) is 5.10 Å². The van der Waals surface area contributed by atoms with Gasteiger partial charge in [-0.1, -0.05) is 0 Å². The van der Waals surface area contributed by atoms with Crippen LogP contribution in [0.5, 0.6) is 0 Å². The first-order chi connectivity index (χ1) is 8.16. The lowest BCUT2D eigenvalue weighted by Crippen LogP contribution is -1.99. The average molecular weight is 229 g/mol. The molecule has 0 spiro atoms. The van der Waals surface area contributed by atoms with Crippen LogP contribution in [0.3, 0.4) is 0 Å². The van der Waals surface area contributed by atoms with Crippen LogP contribution in [0, 0.1) is 6.92 Å². The second-order valence-corrected chi connectivity index (χ2v) is 3.92. The van der Waals surface area contributed by atoms with Crippen LogP contribution in [0.2, 0.25) is 0 Å². The number of hydrazone groups is 1. The Morgan fingerprint density at radius 2 is 2.12 bits per heavy atom. The van der Waals surface area contributed by atoms with E-state index in [1.54, 1.807) is 12.4 Å². The number of rotatable bonds is 3. The third-order valence-electron chi connectivity index (χ3n) is 2.23. The number of imidazole rings is 1. The van der Waals surface area contributed by atoms with Crippen LogP contribution in [0.15, 0.2) is 35.8 Å². The highest BCUT2D eigenvalue weighted by Crippen LogP contribution is 2.11. The van der Waals surface area contributed by atoms with E-state index in [0.29, 0.717) is 0 Å². The van der Waals surface area contributed by atoms with Crippen LogP contribution in [0.1, 0.15) is 19.7 Å². The van der Waals surface area contributed by atoms with Gasteiger partial charge in [0.05, 0.1) is 11.9 Å². The summed E-state index contributed by atoms with van der Waals surface area (Å²) < 4.78 is 1.93. The molecule has 0 aliphatic rings. The smallest absolute Gasteiger partial charge is 0.138 e. The normalized spacial score (nSPS) is 10.1. The van der Waals surface area contributed by atoms with Gasteiger partial charge in [-0.3, -0.25) is 9.99 Å². The Morgan fingerprint density at radius 1 is 1.29 bits per heavy atom. The highest BCUT2D eigenvalue weighted by atomic mass is 15.3. The summed E-state index contributed by atoms with van der Waals surface area (Å²) >= 11 is 0. The third kappa shape index (κ3) is 2.69. The Hall–Kier alpha value is -2.17. The molecule has 88 valence electrons. The van der Waals surface area contributed by atoms with Crippen molar-refractivity contribution in [1.82, 2.24) is 14.5 Å². The number of pyridine rings is 1. The summed E-state index contributed by atoms with van der Waals surface area (Å²) in [6.45, 7) is 5.81. The van der Waals surface area contributed by atoms with Gasteiger partial charge in [0.25, 0.3) is 0 Å². The van der Waals surface area contributed by atoms with Gasteiger partial charge in [0.2, 0.25) is 0 Å². The van der Waals surface area contributed by atoms with Crippen molar-refractivity contribution in [2.45, 2.75) is 20.8 Å². The lowest BCUT2D eigenvalue weighted by Gasteiger charge is -2.05. The van der Waals surface area contributed by atoms with Crippen LogP contribution < -0.4 is 5.43 Å². The molecule has 0 saturated heterocycles. The summed E-state index contributed by atoms with van der Waals surface area (Å²) in [5, 5.41) is 4.11. The summed E-state index contributed by atoms with van der Waals surface area (Å²) in [6.07, 6.45) is 5.40. The number of aryl methyl sites for hydroxylation is 1. The minimum Gasteiger partial charge on any atom is -0.288 e. The van der Waals surface area contributed by atoms with Crippen molar-refractivity contribution in [2.75, 3.05) is 5.43 Å². The Labute approximate surface area is 100 Å². The molecule has 2 heterocycles. The second-order valence-electron chi connectivity index (χ2n) is 3.92. The number of aromatic nitrogens is 3. The predicted molar refractivity (Wildman–Crippen MR) is 68.5 cm³/mol. The topological polar surface area (TPSA) is 55.1 Å². The molecule has 0 aliphatic carbocycles. The van der Waals surface area contributed by atoms with Crippen LogP contribution in [0.4, 0.5) is 5.69 Å². The van der Waals surface area contributed by atoms with E-state index >= 15 is 0 Å². The quantitative estimate of drug-likeness (QED) is 0.649.